The lowest BCUT2D eigenvalue weighted by molar-refractivity contribution is -0.147. The summed E-state index contributed by atoms with van der Waals surface area (Å²) in [6.45, 7) is 10.6. The van der Waals surface area contributed by atoms with Crippen molar-refractivity contribution >= 4 is 19.4 Å². The fourth-order valence-electron chi connectivity index (χ4n) is 4.20. The molecule has 0 aliphatic heterocycles. The zero-order valence-electron chi connectivity index (χ0n) is 19.1. The maximum atomic E-state index is 11.6. The van der Waals surface area contributed by atoms with Gasteiger partial charge in [-0.25, -0.2) is 0 Å². The lowest BCUT2D eigenvalue weighted by atomic mass is 10.0. The zero-order valence-corrected chi connectivity index (χ0v) is 20.1. The van der Waals surface area contributed by atoms with Crippen LogP contribution in [-0.2, 0) is 9.53 Å². The standard InChI is InChI=1S/C24H44O3Si/c1-6-10-11-12-13-14-15-16-17-18-23(27-21(5)25)22-19-24(26-20-22)28(7-2,8-3)9-4/h19-20,23H,6-18H2,1-5H3. The quantitative estimate of drug-likeness (QED) is 0.161. The molecule has 4 heteroatoms. The Morgan fingerprint density at radius 1 is 0.929 bits per heavy atom. The van der Waals surface area contributed by atoms with Crippen molar-refractivity contribution in [3.05, 3.63) is 17.9 Å². The molecule has 0 bridgehead atoms. The summed E-state index contributed by atoms with van der Waals surface area (Å²) in [5.41, 5.74) is 1.05. The second-order valence-electron chi connectivity index (χ2n) is 8.30. The Morgan fingerprint density at radius 2 is 1.46 bits per heavy atom. The van der Waals surface area contributed by atoms with Gasteiger partial charge < -0.3 is 9.15 Å². The van der Waals surface area contributed by atoms with Gasteiger partial charge in [-0.3, -0.25) is 4.79 Å². The van der Waals surface area contributed by atoms with Crippen molar-refractivity contribution < 1.29 is 13.9 Å². The molecule has 0 radical (unpaired) electrons. The molecule has 162 valence electrons. The van der Waals surface area contributed by atoms with Crippen molar-refractivity contribution in [2.75, 3.05) is 0 Å². The largest absolute Gasteiger partial charge is 0.474 e. The third-order valence-electron chi connectivity index (χ3n) is 6.42. The highest BCUT2D eigenvalue weighted by Crippen LogP contribution is 2.28. The van der Waals surface area contributed by atoms with Gasteiger partial charge in [-0.15, -0.1) is 0 Å². The Bertz CT molecular complexity index is 525. The molecule has 0 aromatic carbocycles. The van der Waals surface area contributed by atoms with Crippen molar-refractivity contribution in [1.29, 1.82) is 0 Å². The molecule has 1 aromatic rings. The molecule has 28 heavy (non-hydrogen) atoms. The molecule has 0 saturated heterocycles. The molecule has 0 spiro atoms. The van der Waals surface area contributed by atoms with Crippen molar-refractivity contribution in [1.82, 2.24) is 0 Å². The van der Waals surface area contributed by atoms with E-state index < -0.39 is 8.07 Å². The first kappa shape index (κ1) is 25.0. The summed E-state index contributed by atoms with van der Waals surface area (Å²) in [7, 11) is -1.53. The van der Waals surface area contributed by atoms with E-state index >= 15 is 0 Å². The van der Waals surface area contributed by atoms with Gasteiger partial charge >= 0.3 is 5.97 Å². The highest BCUT2D eigenvalue weighted by molar-refractivity contribution is 6.90. The van der Waals surface area contributed by atoms with Gasteiger partial charge in [-0.2, -0.15) is 0 Å². The minimum Gasteiger partial charge on any atom is -0.474 e. The van der Waals surface area contributed by atoms with Crippen molar-refractivity contribution in [2.45, 2.75) is 123 Å². The number of unbranched alkanes of at least 4 members (excludes halogenated alkanes) is 8. The molecular weight excluding hydrogens is 364 g/mol. The van der Waals surface area contributed by atoms with Crippen LogP contribution >= 0.6 is 0 Å². The molecule has 0 amide bonds. The molecule has 0 N–H and O–H groups in total. The van der Waals surface area contributed by atoms with E-state index in [0.717, 1.165) is 18.4 Å². The number of rotatable bonds is 16. The minimum absolute atomic E-state index is 0.156. The molecule has 0 saturated carbocycles. The number of carbonyl (C=O) groups is 1. The van der Waals surface area contributed by atoms with Crippen LogP contribution in [0.5, 0.6) is 0 Å². The Morgan fingerprint density at radius 3 is 1.96 bits per heavy atom. The predicted molar refractivity (Wildman–Crippen MR) is 122 cm³/mol. The maximum Gasteiger partial charge on any atom is 0.303 e. The number of esters is 1. The normalized spacial score (nSPS) is 12.9. The first-order chi connectivity index (χ1) is 13.5. The fourth-order valence-corrected chi connectivity index (χ4v) is 7.53. The van der Waals surface area contributed by atoms with Crippen LogP contribution < -0.4 is 5.38 Å². The van der Waals surface area contributed by atoms with Crippen molar-refractivity contribution in [2.24, 2.45) is 0 Å². The molecule has 0 aliphatic carbocycles. The third-order valence-corrected chi connectivity index (χ3v) is 11.8. The maximum absolute atomic E-state index is 11.6. The van der Waals surface area contributed by atoms with Crippen LogP contribution in [0, 0.1) is 0 Å². The first-order valence-electron chi connectivity index (χ1n) is 11.8. The van der Waals surface area contributed by atoms with Gasteiger partial charge in [0.25, 0.3) is 0 Å². The average Bonchev–Trinajstić information content (AvgIpc) is 3.18. The van der Waals surface area contributed by atoms with Crippen LogP contribution in [-0.4, -0.2) is 14.0 Å². The highest BCUT2D eigenvalue weighted by atomic mass is 28.3. The summed E-state index contributed by atoms with van der Waals surface area (Å²) in [5.74, 6) is -0.200. The first-order valence-corrected chi connectivity index (χ1v) is 14.4. The van der Waals surface area contributed by atoms with Gasteiger partial charge in [-0.1, -0.05) is 97.2 Å². The van der Waals surface area contributed by atoms with Crippen LogP contribution in [0.1, 0.15) is 110 Å². The van der Waals surface area contributed by atoms with Crippen molar-refractivity contribution in [3.63, 3.8) is 0 Å². The van der Waals surface area contributed by atoms with E-state index in [0.29, 0.717) is 0 Å². The molecule has 0 aliphatic rings. The van der Waals surface area contributed by atoms with E-state index in [2.05, 4.69) is 33.8 Å². The second kappa shape index (κ2) is 14.0. The van der Waals surface area contributed by atoms with Crippen LogP contribution in [0.15, 0.2) is 16.7 Å². The number of carbonyl (C=O) groups excluding carboxylic acids is 1. The van der Waals surface area contributed by atoms with Gasteiger partial charge in [0.15, 0.2) is 0 Å². The third kappa shape index (κ3) is 8.14. The average molecular weight is 409 g/mol. The number of hydrogen-bond donors (Lipinski definition) is 0. The Balaban J connectivity index is 2.54. The monoisotopic (exact) mass is 408 g/mol. The molecule has 3 nitrogen and oxygen atoms in total. The van der Waals surface area contributed by atoms with Crippen LogP contribution in [0.4, 0.5) is 0 Å². The van der Waals surface area contributed by atoms with E-state index in [1.165, 1.54) is 81.8 Å². The zero-order chi connectivity index (χ0) is 20.8. The lowest BCUT2D eigenvalue weighted by Gasteiger charge is -2.24. The number of furan rings is 1. The molecule has 1 atom stereocenters. The van der Waals surface area contributed by atoms with Gasteiger partial charge in [-0.05, 0) is 18.9 Å². The summed E-state index contributed by atoms with van der Waals surface area (Å²) in [5, 5.41) is 1.18. The van der Waals surface area contributed by atoms with Gasteiger partial charge in [0, 0.05) is 12.5 Å². The summed E-state index contributed by atoms with van der Waals surface area (Å²) in [6, 6.07) is 5.79. The van der Waals surface area contributed by atoms with E-state index in [4.69, 9.17) is 9.15 Å². The molecule has 1 unspecified atom stereocenters. The Kier molecular flexibility index (Phi) is 12.5. The van der Waals surface area contributed by atoms with E-state index in [1.807, 2.05) is 6.26 Å². The van der Waals surface area contributed by atoms with Gasteiger partial charge in [0.2, 0.25) is 0 Å². The SMILES string of the molecule is CCCCCCCCCCCC(OC(C)=O)c1coc([Si](CC)(CC)CC)c1. The number of hydrogen-bond acceptors (Lipinski definition) is 3. The lowest BCUT2D eigenvalue weighted by Crippen LogP contribution is -2.44. The highest BCUT2D eigenvalue weighted by Gasteiger charge is 2.33. The molecule has 1 heterocycles. The van der Waals surface area contributed by atoms with E-state index in [-0.39, 0.29) is 12.1 Å². The topological polar surface area (TPSA) is 39.4 Å². The van der Waals surface area contributed by atoms with E-state index in [9.17, 15) is 4.79 Å². The van der Waals surface area contributed by atoms with Gasteiger partial charge in [0.1, 0.15) is 14.2 Å². The smallest absolute Gasteiger partial charge is 0.303 e. The van der Waals surface area contributed by atoms with Crippen molar-refractivity contribution in [3.8, 4) is 0 Å². The van der Waals surface area contributed by atoms with Crippen LogP contribution in [0.25, 0.3) is 0 Å². The molecule has 0 fully saturated rings. The summed E-state index contributed by atoms with van der Waals surface area (Å²) in [4.78, 5) is 11.6. The minimum atomic E-state index is -1.53. The van der Waals surface area contributed by atoms with Gasteiger partial charge in [0.05, 0.1) is 11.6 Å². The summed E-state index contributed by atoms with van der Waals surface area (Å²) in [6.07, 6.45) is 14.3. The number of ether oxygens (including phenoxy) is 1. The Hall–Kier alpha value is -1.03. The molecular formula is C24H44O3Si. The second-order valence-corrected chi connectivity index (χ2v) is 13.5. The fraction of sp³-hybridized carbons (Fsp3) is 0.792. The van der Waals surface area contributed by atoms with E-state index in [1.54, 1.807) is 0 Å². The van der Waals surface area contributed by atoms with Crippen LogP contribution in [0.3, 0.4) is 0 Å². The predicted octanol–water partition coefficient (Wildman–Crippen LogP) is 7.52. The Labute approximate surface area is 174 Å². The molecule has 1 rings (SSSR count). The summed E-state index contributed by atoms with van der Waals surface area (Å²) >= 11 is 0. The van der Waals surface area contributed by atoms with Crippen LogP contribution in [0.2, 0.25) is 18.1 Å². The molecule has 1 aromatic heterocycles. The summed E-state index contributed by atoms with van der Waals surface area (Å²) < 4.78 is 11.7.